The number of rotatable bonds is 9. The number of anilines is 1. The maximum absolute atomic E-state index is 13.1. The van der Waals surface area contributed by atoms with E-state index in [4.69, 9.17) is 5.73 Å². The molecule has 7 heteroatoms. The van der Waals surface area contributed by atoms with Crippen molar-refractivity contribution in [3.05, 3.63) is 66.1 Å². The van der Waals surface area contributed by atoms with E-state index in [-0.39, 0.29) is 17.8 Å². The van der Waals surface area contributed by atoms with Crippen molar-refractivity contribution in [2.24, 2.45) is 11.8 Å². The zero-order valence-electron chi connectivity index (χ0n) is 19.8. The summed E-state index contributed by atoms with van der Waals surface area (Å²) in [5.41, 5.74) is 9.95. The van der Waals surface area contributed by atoms with Crippen LogP contribution >= 0.6 is 0 Å². The van der Waals surface area contributed by atoms with Crippen molar-refractivity contribution in [3.63, 3.8) is 0 Å². The lowest BCUT2D eigenvalue weighted by molar-refractivity contribution is 0.0967. The molecule has 0 aliphatic rings. The summed E-state index contributed by atoms with van der Waals surface area (Å²) < 4.78 is 3.56. The summed E-state index contributed by atoms with van der Waals surface area (Å²) in [5.74, 6) is 1.06. The van der Waals surface area contributed by atoms with Crippen LogP contribution in [0.15, 0.2) is 54.9 Å². The Bertz CT molecular complexity index is 1240. The number of nitrogens with two attached hydrogens (primary N) is 1. The first kappa shape index (κ1) is 22.7. The Morgan fingerprint density at radius 3 is 2.55 bits per heavy atom. The molecule has 0 aliphatic heterocycles. The van der Waals surface area contributed by atoms with Crippen LogP contribution in [-0.4, -0.2) is 30.2 Å². The number of hydrogen-bond donors (Lipinski definition) is 1. The van der Waals surface area contributed by atoms with Gasteiger partial charge in [-0.25, -0.2) is 4.52 Å². The first-order valence-corrected chi connectivity index (χ1v) is 11.7. The average molecular weight is 445 g/mol. The normalized spacial score (nSPS) is 13.5. The smallest absolute Gasteiger partial charge is 0.240 e. The molecule has 4 rings (SSSR count). The van der Waals surface area contributed by atoms with Crippen molar-refractivity contribution in [2.45, 2.75) is 53.0 Å². The fraction of sp³-hybridized carbons (Fsp3) is 0.385. The van der Waals surface area contributed by atoms with Gasteiger partial charge in [0, 0.05) is 18.2 Å². The molecule has 0 saturated heterocycles. The Labute approximate surface area is 194 Å². The molecule has 7 nitrogen and oxygen atoms in total. The van der Waals surface area contributed by atoms with Crippen LogP contribution in [0.3, 0.4) is 0 Å². The van der Waals surface area contributed by atoms with Gasteiger partial charge in [0.1, 0.15) is 5.69 Å². The van der Waals surface area contributed by atoms with Gasteiger partial charge >= 0.3 is 0 Å². The number of aromatic nitrogens is 5. The first-order chi connectivity index (χ1) is 15.9. The maximum Gasteiger partial charge on any atom is 0.240 e. The van der Waals surface area contributed by atoms with Crippen LogP contribution < -0.4 is 5.73 Å². The van der Waals surface area contributed by atoms with Crippen LogP contribution in [0.25, 0.3) is 16.8 Å². The molecule has 0 radical (unpaired) electrons. The fourth-order valence-electron chi connectivity index (χ4n) is 4.21. The second kappa shape index (κ2) is 9.57. The lowest BCUT2D eigenvalue weighted by atomic mass is 9.96. The van der Waals surface area contributed by atoms with E-state index in [1.54, 1.807) is 4.52 Å². The number of benzene rings is 1. The molecular weight excluding hydrogens is 412 g/mol. The van der Waals surface area contributed by atoms with Crippen molar-refractivity contribution in [3.8, 4) is 11.1 Å². The molecule has 4 aromatic rings. The van der Waals surface area contributed by atoms with Gasteiger partial charge < -0.3 is 5.73 Å². The molecule has 1 unspecified atom stereocenters. The van der Waals surface area contributed by atoms with Gasteiger partial charge in [-0.2, -0.15) is 10.1 Å². The number of carbonyl (C=O) groups is 1. The van der Waals surface area contributed by atoms with E-state index in [1.165, 1.54) is 5.56 Å². The summed E-state index contributed by atoms with van der Waals surface area (Å²) in [6.45, 7) is 8.69. The molecule has 33 heavy (non-hydrogen) atoms. The Kier molecular flexibility index (Phi) is 6.58. The minimum Gasteiger partial charge on any atom is -0.366 e. The van der Waals surface area contributed by atoms with E-state index in [0.717, 1.165) is 24.0 Å². The van der Waals surface area contributed by atoms with E-state index in [2.05, 4.69) is 67.1 Å². The molecule has 0 saturated carbocycles. The number of hydrogen-bond acceptors (Lipinski definition) is 5. The van der Waals surface area contributed by atoms with Crippen LogP contribution in [-0.2, 0) is 0 Å². The molecule has 3 aromatic heterocycles. The van der Waals surface area contributed by atoms with Gasteiger partial charge in [0.15, 0.2) is 11.4 Å². The summed E-state index contributed by atoms with van der Waals surface area (Å²) in [7, 11) is 0. The number of ketones is 1. The van der Waals surface area contributed by atoms with Crippen molar-refractivity contribution in [2.75, 3.05) is 5.73 Å². The molecule has 3 heterocycles. The summed E-state index contributed by atoms with van der Waals surface area (Å²) in [5, 5.41) is 8.94. The Morgan fingerprint density at radius 2 is 1.85 bits per heavy atom. The standard InChI is InChI=1S/C26H32N6O/c1-5-18(4)11-12-23(33)22-13-20(14-24-29-26(27)30-32(22)24)21-15-28-31(16-21)25(17(2)3)19-9-7-6-8-10-19/h6-10,13-18,25H,5,11-12H2,1-4H3,(H2,27,30)/t18-,25?/m0/s1. The third kappa shape index (κ3) is 4.82. The minimum atomic E-state index is 0.0452. The van der Waals surface area contributed by atoms with E-state index in [1.807, 2.05) is 35.3 Å². The molecule has 2 N–H and O–H groups in total. The fourth-order valence-corrected chi connectivity index (χ4v) is 4.21. The average Bonchev–Trinajstić information content (AvgIpc) is 3.43. The Hall–Kier alpha value is -3.48. The Balaban J connectivity index is 1.72. The van der Waals surface area contributed by atoms with Crippen LogP contribution in [0.1, 0.15) is 69.1 Å². The molecule has 0 amide bonds. The van der Waals surface area contributed by atoms with Crippen LogP contribution in [0.2, 0.25) is 0 Å². The van der Waals surface area contributed by atoms with Gasteiger partial charge in [0.2, 0.25) is 5.95 Å². The van der Waals surface area contributed by atoms with E-state index >= 15 is 0 Å². The van der Waals surface area contributed by atoms with Crippen molar-refractivity contribution in [1.82, 2.24) is 24.4 Å². The molecule has 2 atom stereocenters. The van der Waals surface area contributed by atoms with Crippen LogP contribution in [0.5, 0.6) is 0 Å². The number of nitrogens with zero attached hydrogens (tertiary/aromatic N) is 5. The largest absolute Gasteiger partial charge is 0.366 e. The molecular formula is C26H32N6O. The van der Waals surface area contributed by atoms with Gasteiger partial charge in [0.25, 0.3) is 0 Å². The summed E-state index contributed by atoms with van der Waals surface area (Å²) in [6, 6.07) is 14.3. The van der Waals surface area contributed by atoms with Gasteiger partial charge in [-0.05, 0) is 41.5 Å². The van der Waals surface area contributed by atoms with Gasteiger partial charge in [0.05, 0.1) is 12.2 Å². The maximum atomic E-state index is 13.1. The monoisotopic (exact) mass is 444 g/mol. The van der Waals surface area contributed by atoms with Gasteiger partial charge in [-0.15, -0.1) is 5.10 Å². The molecule has 0 aliphatic carbocycles. The molecule has 0 spiro atoms. The van der Waals surface area contributed by atoms with Crippen LogP contribution in [0, 0.1) is 11.8 Å². The summed E-state index contributed by atoms with van der Waals surface area (Å²) >= 11 is 0. The second-order valence-electron chi connectivity index (χ2n) is 9.15. The second-order valence-corrected chi connectivity index (χ2v) is 9.15. The summed E-state index contributed by atoms with van der Waals surface area (Å²) in [6.07, 6.45) is 6.25. The third-order valence-electron chi connectivity index (χ3n) is 6.29. The highest BCUT2D eigenvalue weighted by atomic mass is 16.1. The van der Waals surface area contributed by atoms with E-state index in [9.17, 15) is 4.79 Å². The van der Waals surface area contributed by atoms with Crippen molar-refractivity contribution < 1.29 is 4.79 Å². The molecule has 0 bridgehead atoms. The predicted molar refractivity (Wildman–Crippen MR) is 131 cm³/mol. The lowest BCUT2D eigenvalue weighted by Gasteiger charge is -2.22. The minimum absolute atomic E-state index is 0.0452. The topological polar surface area (TPSA) is 91.1 Å². The predicted octanol–water partition coefficient (Wildman–Crippen LogP) is 5.43. The summed E-state index contributed by atoms with van der Waals surface area (Å²) in [4.78, 5) is 17.4. The number of nitrogen functional groups attached to an aromatic ring is 1. The van der Waals surface area contributed by atoms with E-state index in [0.29, 0.717) is 29.6 Å². The van der Waals surface area contributed by atoms with Gasteiger partial charge in [-0.3, -0.25) is 9.48 Å². The lowest BCUT2D eigenvalue weighted by Crippen LogP contribution is -2.17. The highest BCUT2D eigenvalue weighted by Crippen LogP contribution is 2.29. The Morgan fingerprint density at radius 1 is 1.09 bits per heavy atom. The zero-order valence-corrected chi connectivity index (χ0v) is 19.8. The highest BCUT2D eigenvalue weighted by molar-refractivity contribution is 5.96. The van der Waals surface area contributed by atoms with Crippen molar-refractivity contribution in [1.29, 1.82) is 0 Å². The van der Waals surface area contributed by atoms with Crippen LogP contribution in [0.4, 0.5) is 5.95 Å². The number of pyridine rings is 1. The first-order valence-electron chi connectivity index (χ1n) is 11.7. The molecule has 1 aromatic carbocycles. The van der Waals surface area contributed by atoms with E-state index < -0.39 is 0 Å². The highest BCUT2D eigenvalue weighted by Gasteiger charge is 2.21. The molecule has 0 fully saturated rings. The van der Waals surface area contributed by atoms with Gasteiger partial charge in [-0.1, -0.05) is 64.4 Å². The SMILES string of the molecule is CC[C@H](C)CCC(=O)c1cc(-c2cnn(C(c3ccccc3)C(C)C)c2)cc2nc(N)nn12. The third-order valence-corrected chi connectivity index (χ3v) is 6.29. The zero-order chi connectivity index (χ0) is 23.5. The van der Waals surface area contributed by atoms with Crippen molar-refractivity contribution >= 4 is 17.4 Å². The number of fused-ring (bicyclic) bond motifs is 1. The molecule has 172 valence electrons. The number of Topliss-reactive ketones (excluding diaryl/α,β-unsaturated/α-hetero) is 1. The quantitative estimate of drug-likeness (QED) is 0.348. The number of carbonyl (C=O) groups excluding carboxylic acids is 1.